The van der Waals surface area contributed by atoms with E-state index in [1.54, 1.807) is 11.0 Å². The molecule has 1 saturated heterocycles. The molecule has 0 radical (unpaired) electrons. The van der Waals surface area contributed by atoms with E-state index in [1.807, 2.05) is 0 Å². The normalized spacial score (nSPS) is 18.9. The fourth-order valence-electron chi connectivity index (χ4n) is 3.51. The third kappa shape index (κ3) is 3.47. The number of fused-ring (bicyclic) bond motifs is 1. The van der Waals surface area contributed by atoms with E-state index in [2.05, 4.69) is 4.72 Å². The summed E-state index contributed by atoms with van der Waals surface area (Å²) in [5, 5.41) is 0. The van der Waals surface area contributed by atoms with Crippen LogP contribution in [0.4, 0.5) is 20.2 Å². The lowest BCUT2D eigenvalue weighted by Gasteiger charge is -2.21. The van der Waals surface area contributed by atoms with Gasteiger partial charge < -0.3 is 9.64 Å². The zero-order chi connectivity index (χ0) is 19.9. The minimum absolute atomic E-state index is 0.146. The van der Waals surface area contributed by atoms with Crippen molar-refractivity contribution < 1.29 is 26.7 Å². The number of anilines is 2. The second-order valence-electron chi connectivity index (χ2n) is 6.77. The Balaban J connectivity index is 1.61. The number of nitrogens with one attached hydrogen (secondary N) is 1. The maximum absolute atomic E-state index is 13.9. The number of amides is 1. The summed E-state index contributed by atoms with van der Waals surface area (Å²) >= 11 is 0. The molecule has 1 amide bonds. The number of carbonyl (C=O) groups excluding carboxylic acids is 1. The van der Waals surface area contributed by atoms with Crippen LogP contribution in [-0.4, -0.2) is 33.6 Å². The number of ether oxygens (including phenoxy) is 1. The second kappa shape index (κ2) is 7.14. The lowest BCUT2D eigenvalue weighted by Crippen LogP contribution is -2.37. The van der Waals surface area contributed by atoms with E-state index >= 15 is 0 Å². The summed E-state index contributed by atoms with van der Waals surface area (Å²) in [5.74, 6) is -2.05. The molecule has 0 saturated carbocycles. The molecule has 0 bridgehead atoms. The summed E-state index contributed by atoms with van der Waals surface area (Å²) in [5.41, 5.74) is 1.67. The molecule has 0 spiro atoms. The number of carbonyl (C=O) groups is 1. The van der Waals surface area contributed by atoms with Crippen molar-refractivity contribution in [2.45, 2.75) is 30.3 Å². The van der Waals surface area contributed by atoms with E-state index in [0.717, 1.165) is 24.1 Å². The first-order valence-electron chi connectivity index (χ1n) is 8.89. The Bertz CT molecular complexity index is 1040. The van der Waals surface area contributed by atoms with Gasteiger partial charge in [-0.15, -0.1) is 0 Å². The van der Waals surface area contributed by atoms with E-state index in [4.69, 9.17) is 4.74 Å². The first-order chi connectivity index (χ1) is 13.3. The van der Waals surface area contributed by atoms with Gasteiger partial charge in [-0.3, -0.25) is 9.52 Å². The van der Waals surface area contributed by atoms with Gasteiger partial charge in [0.2, 0.25) is 0 Å². The number of hydrogen-bond donors (Lipinski definition) is 1. The van der Waals surface area contributed by atoms with Crippen molar-refractivity contribution in [1.82, 2.24) is 0 Å². The second-order valence-corrected chi connectivity index (χ2v) is 8.42. The highest BCUT2D eigenvalue weighted by Gasteiger charge is 2.33. The standard InChI is InChI=1S/C19H18F2N2O4S/c20-13-4-6-15(21)18(10-13)28(25,26)22-14-5-3-12-7-8-23(16(12)11-14)19(24)17-2-1-9-27-17/h3-6,10-11,17,22H,1-2,7-9H2/t17-/m1/s1. The molecule has 4 rings (SSSR count). The van der Waals surface area contributed by atoms with Crippen LogP contribution in [0, 0.1) is 11.6 Å². The number of sulfonamides is 1. The molecule has 2 aromatic carbocycles. The van der Waals surface area contributed by atoms with Gasteiger partial charge in [-0.2, -0.15) is 0 Å². The molecule has 2 heterocycles. The molecular weight excluding hydrogens is 390 g/mol. The molecule has 6 nitrogen and oxygen atoms in total. The molecular formula is C19H18F2N2O4S. The molecule has 2 aliphatic heterocycles. The summed E-state index contributed by atoms with van der Waals surface area (Å²) in [6.45, 7) is 1.04. The van der Waals surface area contributed by atoms with Crippen molar-refractivity contribution in [3.8, 4) is 0 Å². The van der Waals surface area contributed by atoms with Crippen LogP contribution in [0.2, 0.25) is 0 Å². The fraction of sp³-hybridized carbons (Fsp3) is 0.316. The van der Waals surface area contributed by atoms with E-state index in [0.29, 0.717) is 37.7 Å². The fourth-order valence-corrected chi connectivity index (χ4v) is 4.65. The number of nitrogens with zero attached hydrogens (tertiary/aromatic N) is 1. The summed E-state index contributed by atoms with van der Waals surface area (Å²) in [7, 11) is -4.33. The van der Waals surface area contributed by atoms with Gasteiger partial charge in [-0.1, -0.05) is 6.07 Å². The molecule has 0 aromatic heterocycles. The molecule has 2 aliphatic rings. The molecule has 28 heavy (non-hydrogen) atoms. The van der Waals surface area contributed by atoms with Crippen LogP contribution in [0.1, 0.15) is 18.4 Å². The van der Waals surface area contributed by atoms with Crippen LogP contribution in [0.3, 0.4) is 0 Å². The van der Waals surface area contributed by atoms with Gasteiger partial charge in [0.05, 0.1) is 5.69 Å². The van der Waals surface area contributed by atoms with Crippen LogP contribution >= 0.6 is 0 Å². The van der Waals surface area contributed by atoms with Gasteiger partial charge in [0, 0.05) is 18.8 Å². The third-order valence-corrected chi connectivity index (χ3v) is 6.28. The lowest BCUT2D eigenvalue weighted by atomic mass is 10.1. The largest absolute Gasteiger partial charge is 0.368 e. The minimum Gasteiger partial charge on any atom is -0.368 e. The van der Waals surface area contributed by atoms with Crippen molar-refractivity contribution in [3.63, 3.8) is 0 Å². The van der Waals surface area contributed by atoms with E-state index in [1.165, 1.54) is 12.1 Å². The molecule has 148 valence electrons. The highest BCUT2D eigenvalue weighted by atomic mass is 32.2. The van der Waals surface area contributed by atoms with Crippen molar-refractivity contribution in [1.29, 1.82) is 0 Å². The minimum atomic E-state index is -4.33. The zero-order valence-corrected chi connectivity index (χ0v) is 15.6. The van der Waals surface area contributed by atoms with Gasteiger partial charge in [-0.25, -0.2) is 17.2 Å². The van der Waals surface area contributed by atoms with Crippen LogP contribution in [0.15, 0.2) is 41.3 Å². The Morgan fingerprint density at radius 1 is 1.18 bits per heavy atom. The lowest BCUT2D eigenvalue weighted by molar-refractivity contribution is -0.127. The Morgan fingerprint density at radius 2 is 2.00 bits per heavy atom. The first kappa shape index (κ1) is 18.8. The van der Waals surface area contributed by atoms with Gasteiger partial charge in [-0.05, 0) is 55.2 Å². The van der Waals surface area contributed by atoms with Crippen molar-refractivity contribution in [2.75, 3.05) is 22.8 Å². The van der Waals surface area contributed by atoms with Crippen LogP contribution in [0.5, 0.6) is 0 Å². The topological polar surface area (TPSA) is 75.7 Å². The number of rotatable bonds is 4. The van der Waals surface area contributed by atoms with Crippen molar-refractivity contribution >= 4 is 27.3 Å². The summed E-state index contributed by atoms with van der Waals surface area (Å²) in [4.78, 5) is 13.5. The van der Waals surface area contributed by atoms with Crippen molar-refractivity contribution in [3.05, 3.63) is 53.6 Å². The predicted octanol–water partition coefficient (Wildman–Crippen LogP) is 2.83. The Kier molecular flexibility index (Phi) is 4.80. The molecule has 9 heteroatoms. The molecule has 2 aromatic rings. The molecule has 0 unspecified atom stereocenters. The summed E-state index contributed by atoms with van der Waals surface area (Å²) < 4.78 is 59.9. The molecule has 1 fully saturated rings. The quantitative estimate of drug-likeness (QED) is 0.844. The zero-order valence-electron chi connectivity index (χ0n) is 14.8. The van der Waals surface area contributed by atoms with Crippen molar-refractivity contribution in [2.24, 2.45) is 0 Å². The Morgan fingerprint density at radius 3 is 2.75 bits per heavy atom. The molecule has 1 atom stereocenters. The average Bonchev–Trinajstić information content (AvgIpc) is 3.32. The Hall–Kier alpha value is -2.52. The van der Waals surface area contributed by atoms with E-state index in [9.17, 15) is 22.0 Å². The van der Waals surface area contributed by atoms with Crippen LogP contribution in [0.25, 0.3) is 0 Å². The third-order valence-electron chi connectivity index (χ3n) is 4.89. The maximum atomic E-state index is 13.9. The van der Waals surface area contributed by atoms with Gasteiger partial charge in [0.25, 0.3) is 15.9 Å². The predicted molar refractivity (Wildman–Crippen MR) is 98.6 cm³/mol. The highest BCUT2D eigenvalue weighted by Crippen LogP contribution is 2.33. The maximum Gasteiger partial charge on any atom is 0.264 e. The van der Waals surface area contributed by atoms with Gasteiger partial charge >= 0.3 is 0 Å². The highest BCUT2D eigenvalue weighted by molar-refractivity contribution is 7.92. The van der Waals surface area contributed by atoms with Gasteiger partial charge in [0.1, 0.15) is 22.6 Å². The Labute approximate surface area is 161 Å². The number of hydrogen-bond acceptors (Lipinski definition) is 4. The van der Waals surface area contributed by atoms with Crippen LogP contribution in [-0.2, 0) is 26.0 Å². The van der Waals surface area contributed by atoms with Crippen LogP contribution < -0.4 is 9.62 Å². The monoisotopic (exact) mass is 408 g/mol. The van der Waals surface area contributed by atoms with E-state index in [-0.39, 0.29) is 11.6 Å². The number of halogens is 2. The molecule has 1 N–H and O–H groups in total. The number of benzene rings is 2. The van der Waals surface area contributed by atoms with E-state index < -0.39 is 32.7 Å². The first-order valence-corrected chi connectivity index (χ1v) is 10.4. The SMILES string of the molecule is O=C([C@H]1CCCO1)N1CCc2ccc(NS(=O)(=O)c3cc(F)ccc3F)cc21. The summed E-state index contributed by atoms with van der Waals surface area (Å²) in [6, 6.07) is 7.01. The summed E-state index contributed by atoms with van der Waals surface area (Å²) in [6.07, 6.45) is 1.67. The smallest absolute Gasteiger partial charge is 0.264 e. The molecule has 0 aliphatic carbocycles. The van der Waals surface area contributed by atoms with Gasteiger partial charge in [0.15, 0.2) is 0 Å². The average molecular weight is 408 g/mol.